The van der Waals surface area contributed by atoms with Crippen molar-refractivity contribution in [2.75, 3.05) is 0 Å². The number of hydrogen-bond donors (Lipinski definition) is 0. The second kappa shape index (κ2) is 4.93. The van der Waals surface area contributed by atoms with Crippen LogP contribution < -0.4 is 0 Å². The highest BCUT2D eigenvalue weighted by Gasteiger charge is 2.19. The number of hydrogen-bond acceptors (Lipinski definition) is 2. The lowest BCUT2D eigenvalue weighted by atomic mass is 9.94. The Bertz CT molecular complexity index is 1580. The van der Waals surface area contributed by atoms with E-state index in [0.717, 1.165) is 54.6 Å². The monoisotopic (exact) mass is 358 g/mol. The summed E-state index contributed by atoms with van der Waals surface area (Å²) in [6, 6.07) is 29.3. The molecule has 0 radical (unpaired) electrons. The Kier molecular flexibility index (Phi) is 2.52. The number of fused-ring (bicyclic) bond motifs is 6. The van der Waals surface area contributed by atoms with Gasteiger partial charge in [-0.1, -0.05) is 72.8 Å². The maximum atomic E-state index is 6.47. The van der Waals surface area contributed by atoms with Crippen LogP contribution in [0.2, 0.25) is 0 Å². The Labute approximate surface area is 159 Å². The molecular weight excluding hydrogens is 344 g/mol. The summed E-state index contributed by atoms with van der Waals surface area (Å²) in [6.45, 7) is 0. The summed E-state index contributed by atoms with van der Waals surface area (Å²) in [4.78, 5) is 0. The van der Waals surface area contributed by atoms with E-state index in [1.165, 1.54) is 10.8 Å². The van der Waals surface area contributed by atoms with Crippen LogP contribution in [0.4, 0.5) is 0 Å². The van der Waals surface area contributed by atoms with E-state index in [2.05, 4.69) is 60.7 Å². The fourth-order valence-electron chi connectivity index (χ4n) is 4.68. The maximum absolute atomic E-state index is 6.47. The van der Waals surface area contributed by atoms with Crippen LogP contribution >= 0.6 is 0 Å². The van der Waals surface area contributed by atoms with Crippen LogP contribution in [0.3, 0.4) is 0 Å². The van der Waals surface area contributed by atoms with Gasteiger partial charge >= 0.3 is 0 Å². The van der Waals surface area contributed by atoms with Crippen LogP contribution in [0.25, 0.3) is 65.4 Å². The molecule has 28 heavy (non-hydrogen) atoms. The molecule has 7 aromatic rings. The van der Waals surface area contributed by atoms with E-state index in [-0.39, 0.29) is 0 Å². The summed E-state index contributed by atoms with van der Waals surface area (Å²) in [5, 5.41) is 9.08. The predicted octanol–water partition coefficient (Wildman–Crippen LogP) is 7.79. The zero-order valence-electron chi connectivity index (χ0n) is 14.9. The Balaban J connectivity index is 1.92. The molecule has 2 aromatic heterocycles. The molecule has 0 fully saturated rings. The van der Waals surface area contributed by atoms with E-state index in [1.54, 1.807) is 0 Å². The fourth-order valence-corrected chi connectivity index (χ4v) is 4.68. The Morgan fingerprint density at radius 1 is 0.357 bits per heavy atom. The van der Waals surface area contributed by atoms with Crippen LogP contribution in [-0.4, -0.2) is 0 Å². The number of benzene rings is 5. The third-order valence-corrected chi connectivity index (χ3v) is 5.85. The minimum Gasteiger partial charge on any atom is -0.455 e. The van der Waals surface area contributed by atoms with Gasteiger partial charge in [0.15, 0.2) is 0 Å². The molecule has 0 spiro atoms. The molecule has 0 aliphatic heterocycles. The van der Waals surface area contributed by atoms with Crippen molar-refractivity contribution in [2.45, 2.75) is 0 Å². The SMILES string of the molecule is c1ccc2c(c1)oc1c3cccc4c5ccccc5oc(c5cccc2c51)c43. The van der Waals surface area contributed by atoms with Crippen LogP contribution in [0.15, 0.2) is 93.8 Å². The molecule has 0 atom stereocenters. The van der Waals surface area contributed by atoms with Crippen molar-refractivity contribution in [3.63, 3.8) is 0 Å². The molecule has 2 heteroatoms. The van der Waals surface area contributed by atoms with Crippen LogP contribution in [-0.2, 0) is 0 Å². The molecule has 0 amide bonds. The highest BCUT2D eigenvalue weighted by molar-refractivity contribution is 6.34. The van der Waals surface area contributed by atoms with Gasteiger partial charge in [0.25, 0.3) is 0 Å². The second-order valence-corrected chi connectivity index (χ2v) is 7.31. The quantitative estimate of drug-likeness (QED) is 0.204. The molecule has 0 aliphatic carbocycles. The molecule has 0 N–H and O–H groups in total. The summed E-state index contributed by atoms with van der Waals surface area (Å²) in [6.07, 6.45) is 0. The highest BCUT2D eigenvalue weighted by Crippen LogP contribution is 2.44. The van der Waals surface area contributed by atoms with Crippen molar-refractivity contribution < 1.29 is 8.83 Å². The normalized spacial score (nSPS) is 12.3. The Morgan fingerprint density at radius 2 is 0.750 bits per heavy atom. The standard InChI is InChI=1S/C26H14O2/c1-3-13-21-15(7-1)17-9-5-11-19-23(17)25(27-21)20-12-6-10-18-16-8-2-4-14-22(16)28-26(19)24(18)20/h1-14H. The first-order chi connectivity index (χ1) is 13.9. The van der Waals surface area contributed by atoms with Gasteiger partial charge in [0.05, 0.1) is 0 Å². The molecule has 0 saturated heterocycles. The molecule has 2 nitrogen and oxygen atoms in total. The molecule has 0 aliphatic rings. The molecular formula is C26H14O2. The predicted molar refractivity (Wildman–Crippen MR) is 116 cm³/mol. The number of rotatable bonds is 0. The lowest BCUT2D eigenvalue weighted by Gasteiger charge is -2.15. The first-order valence-electron chi connectivity index (χ1n) is 9.46. The van der Waals surface area contributed by atoms with Gasteiger partial charge in [-0.2, -0.15) is 0 Å². The lowest BCUT2D eigenvalue weighted by Crippen LogP contribution is -1.89. The Hall–Kier alpha value is -3.78. The first kappa shape index (κ1) is 14.3. The van der Waals surface area contributed by atoms with Gasteiger partial charge in [-0.25, -0.2) is 0 Å². The van der Waals surface area contributed by atoms with E-state index >= 15 is 0 Å². The van der Waals surface area contributed by atoms with E-state index < -0.39 is 0 Å². The summed E-state index contributed by atoms with van der Waals surface area (Å²) in [7, 11) is 0. The van der Waals surface area contributed by atoms with Gasteiger partial charge < -0.3 is 8.83 Å². The zero-order valence-corrected chi connectivity index (χ0v) is 14.9. The van der Waals surface area contributed by atoms with Gasteiger partial charge in [-0.3, -0.25) is 0 Å². The van der Waals surface area contributed by atoms with E-state index in [0.29, 0.717) is 0 Å². The minimum absolute atomic E-state index is 0.903. The molecule has 7 rings (SSSR count). The second-order valence-electron chi connectivity index (χ2n) is 7.31. The van der Waals surface area contributed by atoms with Crippen LogP contribution in [0.1, 0.15) is 0 Å². The minimum atomic E-state index is 0.903. The Morgan fingerprint density at radius 3 is 1.25 bits per heavy atom. The van der Waals surface area contributed by atoms with E-state index in [9.17, 15) is 0 Å². The van der Waals surface area contributed by atoms with Crippen molar-refractivity contribution >= 4 is 65.4 Å². The highest BCUT2D eigenvalue weighted by atomic mass is 16.3. The molecule has 130 valence electrons. The topological polar surface area (TPSA) is 26.3 Å². The van der Waals surface area contributed by atoms with Crippen molar-refractivity contribution in [3.05, 3.63) is 84.9 Å². The third kappa shape index (κ3) is 1.64. The van der Waals surface area contributed by atoms with Crippen molar-refractivity contribution in [3.8, 4) is 0 Å². The number of para-hydroxylation sites is 2. The molecule has 0 unspecified atom stereocenters. The summed E-state index contributed by atoms with van der Waals surface area (Å²) < 4.78 is 12.9. The van der Waals surface area contributed by atoms with Crippen LogP contribution in [0, 0.1) is 0 Å². The van der Waals surface area contributed by atoms with Gasteiger partial charge in [-0.05, 0) is 22.9 Å². The van der Waals surface area contributed by atoms with Crippen molar-refractivity contribution in [2.24, 2.45) is 0 Å². The summed E-state index contributed by atoms with van der Waals surface area (Å²) >= 11 is 0. The summed E-state index contributed by atoms with van der Waals surface area (Å²) in [5.74, 6) is 0. The molecule has 0 bridgehead atoms. The van der Waals surface area contributed by atoms with Crippen LogP contribution in [0.5, 0.6) is 0 Å². The van der Waals surface area contributed by atoms with Crippen molar-refractivity contribution in [1.29, 1.82) is 0 Å². The van der Waals surface area contributed by atoms with Gasteiger partial charge in [0, 0.05) is 32.3 Å². The largest absolute Gasteiger partial charge is 0.455 e. The average molecular weight is 358 g/mol. The van der Waals surface area contributed by atoms with Gasteiger partial charge in [0.2, 0.25) is 0 Å². The third-order valence-electron chi connectivity index (χ3n) is 5.85. The fraction of sp³-hybridized carbons (Fsp3) is 0. The molecule has 0 saturated carbocycles. The van der Waals surface area contributed by atoms with Gasteiger partial charge in [-0.15, -0.1) is 0 Å². The summed E-state index contributed by atoms with van der Waals surface area (Å²) in [5.41, 5.74) is 3.65. The van der Waals surface area contributed by atoms with Gasteiger partial charge in [0.1, 0.15) is 22.3 Å². The van der Waals surface area contributed by atoms with E-state index in [1.807, 2.05) is 24.3 Å². The lowest BCUT2D eigenvalue weighted by molar-refractivity contribution is 0.660. The molecule has 2 heterocycles. The smallest absolute Gasteiger partial charge is 0.144 e. The average Bonchev–Trinajstić information content (AvgIpc) is 2.77. The molecule has 5 aromatic carbocycles. The van der Waals surface area contributed by atoms with Crippen molar-refractivity contribution in [1.82, 2.24) is 0 Å². The maximum Gasteiger partial charge on any atom is 0.144 e. The van der Waals surface area contributed by atoms with E-state index in [4.69, 9.17) is 8.83 Å². The zero-order chi connectivity index (χ0) is 18.2. The first-order valence-corrected chi connectivity index (χ1v) is 9.46.